The van der Waals surface area contributed by atoms with Gasteiger partial charge in [-0.15, -0.1) is 11.8 Å². The summed E-state index contributed by atoms with van der Waals surface area (Å²) in [4.78, 5) is 29.3. The fraction of sp³-hybridized carbons (Fsp3) is 0.105. The molecule has 1 aliphatic heterocycles. The van der Waals surface area contributed by atoms with Gasteiger partial charge in [-0.1, -0.05) is 24.3 Å². The predicted molar refractivity (Wildman–Crippen MR) is 99.9 cm³/mol. The van der Waals surface area contributed by atoms with Gasteiger partial charge in [0.25, 0.3) is 0 Å². The van der Waals surface area contributed by atoms with Crippen molar-refractivity contribution in [2.75, 3.05) is 16.4 Å². The van der Waals surface area contributed by atoms with Gasteiger partial charge in [0, 0.05) is 16.5 Å². The minimum atomic E-state index is -0.118. The number of nitrogens with zero attached hydrogens (tertiary/aromatic N) is 1. The first-order chi connectivity index (χ1) is 12.2. The molecule has 0 saturated carbocycles. The first kappa shape index (κ1) is 15.7. The first-order valence-electron chi connectivity index (χ1n) is 7.88. The van der Waals surface area contributed by atoms with Gasteiger partial charge in [0.2, 0.25) is 11.8 Å². The number of para-hydroxylation sites is 1. The Morgan fingerprint density at radius 1 is 1.20 bits per heavy atom. The lowest BCUT2D eigenvalue weighted by molar-refractivity contribution is -0.115. The normalized spacial score (nSPS) is 13.2. The molecule has 0 fully saturated rings. The molecule has 25 heavy (non-hydrogen) atoms. The average molecular weight is 349 g/mol. The second-order valence-corrected chi connectivity index (χ2v) is 6.79. The number of thioether (sulfide) groups is 1. The van der Waals surface area contributed by atoms with Crippen LogP contribution in [0, 0.1) is 0 Å². The number of rotatable bonds is 3. The summed E-state index contributed by atoms with van der Waals surface area (Å²) in [5, 5.41) is 6.75. The van der Waals surface area contributed by atoms with E-state index in [2.05, 4.69) is 15.6 Å². The maximum absolute atomic E-state index is 12.4. The molecule has 1 aromatic heterocycles. The Labute approximate surface area is 148 Å². The van der Waals surface area contributed by atoms with Gasteiger partial charge in [-0.05, 0) is 29.8 Å². The molecule has 0 spiro atoms. The number of nitrogens with one attached hydrogen (secondary N) is 2. The lowest BCUT2D eigenvalue weighted by Crippen LogP contribution is -2.19. The quantitative estimate of drug-likeness (QED) is 0.760. The number of hydrogen-bond donors (Lipinski definition) is 2. The summed E-state index contributed by atoms with van der Waals surface area (Å²) in [6.45, 7) is 0. The zero-order valence-corrected chi connectivity index (χ0v) is 14.1. The molecule has 0 aliphatic carbocycles. The number of benzene rings is 2. The number of pyridine rings is 1. The molecule has 0 saturated heterocycles. The van der Waals surface area contributed by atoms with Crippen LogP contribution in [0.15, 0.2) is 59.6 Å². The van der Waals surface area contributed by atoms with Crippen LogP contribution < -0.4 is 10.6 Å². The topological polar surface area (TPSA) is 71.1 Å². The van der Waals surface area contributed by atoms with Gasteiger partial charge in [0.05, 0.1) is 29.1 Å². The molecule has 0 atom stereocenters. The molecule has 0 unspecified atom stereocenters. The maximum Gasteiger partial charge on any atom is 0.234 e. The van der Waals surface area contributed by atoms with Gasteiger partial charge < -0.3 is 10.6 Å². The molecule has 5 nitrogen and oxygen atoms in total. The number of carbonyl (C=O) groups excluding carboxylic acids is 2. The van der Waals surface area contributed by atoms with Crippen LogP contribution in [-0.4, -0.2) is 22.6 Å². The SMILES string of the molecule is O=C1CSc2ccc(CC(=O)Nc3cccc4cccnc34)cc2N1. The summed E-state index contributed by atoms with van der Waals surface area (Å²) in [6.07, 6.45) is 1.94. The predicted octanol–water partition coefficient (Wildman–Crippen LogP) is 3.46. The van der Waals surface area contributed by atoms with Crippen LogP contribution in [0.25, 0.3) is 10.9 Å². The van der Waals surface area contributed by atoms with E-state index in [0.29, 0.717) is 11.4 Å². The van der Waals surface area contributed by atoms with Crippen molar-refractivity contribution in [1.29, 1.82) is 0 Å². The van der Waals surface area contributed by atoms with Crippen LogP contribution in [-0.2, 0) is 16.0 Å². The zero-order chi connectivity index (χ0) is 17.2. The molecule has 0 radical (unpaired) electrons. The van der Waals surface area contributed by atoms with Crippen molar-refractivity contribution in [3.05, 3.63) is 60.3 Å². The lowest BCUT2D eigenvalue weighted by Gasteiger charge is -2.17. The molecular formula is C19H15N3O2S. The molecule has 4 rings (SSSR count). The third-order valence-corrected chi connectivity index (χ3v) is 5.02. The van der Waals surface area contributed by atoms with E-state index in [4.69, 9.17) is 0 Å². The Balaban J connectivity index is 1.52. The molecular weight excluding hydrogens is 334 g/mol. The summed E-state index contributed by atoms with van der Waals surface area (Å²) in [5.41, 5.74) is 3.10. The maximum atomic E-state index is 12.4. The van der Waals surface area contributed by atoms with Gasteiger partial charge in [-0.2, -0.15) is 0 Å². The number of aromatic nitrogens is 1. The summed E-state index contributed by atoms with van der Waals surface area (Å²) in [6, 6.07) is 15.3. The van der Waals surface area contributed by atoms with E-state index in [9.17, 15) is 9.59 Å². The van der Waals surface area contributed by atoms with Crippen molar-refractivity contribution in [2.24, 2.45) is 0 Å². The van der Waals surface area contributed by atoms with Gasteiger partial charge in [-0.25, -0.2) is 0 Å². The minimum absolute atomic E-state index is 0.0130. The van der Waals surface area contributed by atoms with E-state index >= 15 is 0 Å². The number of hydrogen-bond acceptors (Lipinski definition) is 4. The molecule has 0 bridgehead atoms. The fourth-order valence-corrected chi connectivity index (χ4v) is 3.61. The fourth-order valence-electron chi connectivity index (χ4n) is 2.83. The van der Waals surface area contributed by atoms with Crippen LogP contribution in [0.5, 0.6) is 0 Å². The average Bonchev–Trinajstić information content (AvgIpc) is 2.61. The highest BCUT2D eigenvalue weighted by atomic mass is 32.2. The van der Waals surface area contributed by atoms with Crippen molar-refractivity contribution >= 4 is 45.9 Å². The van der Waals surface area contributed by atoms with E-state index in [-0.39, 0.29) is 18.2 Å². The Hall–Kier alpha value is -2.86. The highest BCUT2D eigenvalue weighted by Gasteiger charge is 2.16. The molecule has 2 heterocycles. The van der Waals surface area contributed by atoms with Crippen molar-refractivity contribution in [3.63, 3.8) is 0 Å². The van der Waals surface area contributed by atoms with E-state index < -0.39 is 0 Å². The molecule has 3 aromatic rings. The van der Waals surface area contributed by atoms with Crippen molar-refractivity contribution in [1.82, 2.24) is 4.98 Å². The third-order valence-electron chi connectivity index (χ3n) is 3.95. The summed E-state index contributed by atoms with van der Waals surface area (Å²) >= 11 is 1.51. The van der Waals surface area contributed by atoms with Crippen LogP contribution in [0.1, 0.15) is 5.56 Å². The largest absolute Gasteiger partial charge is 0.324 e. The minimum Gasteiger partial charge on any atom is -0.324 e. The van der Waals surface area contributed by atoms with Crippen LogP contribution in [0.2, 0.25) is 0 Å². The van der Waals surface area contributed by atoms with Gasteiger partial charge in [-0.3, -0.25) is 14.6 Å². The van der Waals surface area contributed by atoms with Gasteiger partial charge >= 0.3 is 0 Å². The summed E-state index contributed by atoms with van der Waals surface area (Å²) in [5.74, 6) is 0.301. The lowest BCUT2D eigenvalue weighted by atomic mass is 10.1. The van der Waals surface area contributed by atoms with Crippen molar-refractivity contribution in [3.8, 4) is 0 Å². The van der Waals surface area contributed by atoms with E-state index in [1.54, 1.807) is 6.20 Å². The second-order valence-electron chi connectivity index (χ2n) is 5.77. The van der Waals surface area contributed by atoms with Crippen molar-refractivity contribution in [2.45, 2.75) is 11.3 Å². The van der Waals surface area contributed by atoms with Crippen LogP contribution in [0.3, 0.4) is 0 Å². The smallest absolute Gasteiger partial charge is 0.234 e. The highest BCUT2D eigenvalue weighted by molar-refractivity contribution is 8.00. The monoisotopic (exact) mass is 349 g/mol. The summed E-state index contributed by atoms with van der Waals surface area (Å²) in [7, 11) is 0. The number of anilines is 2. The standard InChI is InChI=1S/C19H15N3O2S/c23-17(21-14-5-1-3-13-4-2-8-20-19(13)14)10-12-6-7-16-15(9-12)22-18(24)11-25-16/h1-9H,10-11H2,(H,21,23)(H,22,24). The van der Waals surface area contributed by atoms with Crippen molar-refractivity contribution < 1.29 is 9.59 Å². The number of carbonyl (C=O) groups is 2. The Kier molecular flexibility index (Phi) is 4.11. The Bertz CT molecular complexity index is 982. The second kappa shape index (κ2) is 6.57. The summed E-state index contributed by atoms with van der Waals surface area (Å²) < 4.78 is 0. The van der Waals surface area contributed by atoms with Crippen LogP contribution >= 0.6 is 11.8 Å². The first-order valence-corrected chi connectivity index (χ1v) is 8.87. The Morgan fingerprint density at radius 2 is 2.08 bits per heavy atom. The van der Waals surface area contributed by atoms with E-state index in [0.717, 1.165) is 27.0 Å². The van der Waals surface area contributed by atoms with E-state index in [1.165, 1.54) is 11.8 Å². The highest BCUT2D eigenvalue weighted by Crippen LogP contribution is 2.32. The van der Waals surface area contributed by atoms with Gasteiger partial charge in [0.1, 0.15) is 0 Å². The molecule has 6 heteroatoms. The molecule has 2 N–H and O–H groups in total. The number of amides is 2. The zero-order valence-electron chi connectivity index (χ0n) is 13.3. The number of fused-ring (bicyclic) bond motifs is 2. The van der Waals surface area contributed by atoms with Gasteiger partial charge in [0.15, 0.2) is 0 Å². The third kappa shape index (κ3) is 3.34. The molecule has 124 valence electrons. The Morgan fingerprint density at radius 3 is 3.00 bits per heavy atom. The van der Waals surface area contributed by atoms with E-state index in [1.807, 2.05) is 48.5 Å². The molecule has 2 amide bonds. The molecule has 1 aliphatic rings. The van der Waals surface area contributed by atoms with Crippen LogP contribution in [0.4, 0.5) is 11.4 Å². The molecule has 2 aromatic carbocycles.